The van der Waals surface area contributed by atoms with E-state index >= 15 is 0 Å². The normalized spacial score (nSPS) is 16.0. The molecule has 0 amide bonds. The van der Waals surface area contributed by atoms with Gasteiger partial charge in [-0.15, -0.1) is 37.2 Å². The van der Waals surface area contributed by atoms with Gasteiger partial charge in [0.25, 0.3) is 0 Å². The number of fused-ring (bicyclic) bond motifs is 1. The van der Waals surface area contributed by atoms with E-state index in [4.69, 9.17) is 0 Å². The molecule has 2 aliphatic rings. The minimum Gasteiger partial charge on any atom is -0.316 e. The summed E-state index contributed by atoms with van der Waals surface area (Å²) in [5.41, 5.74) is 7.46. The van der Waals surface area contributed by atoms with Crippen molar-refractivity contribution >= 4 is 37.2 Å². The van der Waals surface area contributed by atoms with Crippen LogP contribution in [0.2, 0.25) is 0 Å². The highest BCUT2D eigenvalue weighted by molar-refractivity contribution is 5.86. The van der Waals surface area contributed by atoms with E-state index in [1.165, 1.54) is 68.4 Å². The molecule has 0 unspecified atom stereocenters. The SMILES string of the molecule is Cl.Cl.Cl.c1ccc(C(c2ccccc2)N2CCN(CCCCc3ccc4c(c3)CCNCC4)CC2)cc1. The molecule has 0 spiro atoms. The molecule has 0 bridgehead atoms. The molecular formula is C31H42Cl3N3. The van der Waals surface area contributed by atoms with Gasteiger partial charge < -0.3 is 10.2 Å². The molecular weight excluding hydrogens is 521 g/mol. The Morgan fingerprint density at radius 1 is 0.649 bits per heavy atom. The molecule has 1 N–H and O–H groups in total. The van der Waals surface area contributed by atoms with Crippen molar-refractivity contribution in [3.63, 3.8) is 0 Å². The van der Waals surface area contributed by atoms with Crippen molar-refractivity contribution in [1.82, 2.24) is 15.1 Å². The lowest BCUT2D eigenvalue weighted by molar-refractivity contribution is 0.108. The molecule has 2 heterocycles. The Labute approximate surface area is 242 Å². The van der Waals surface area contributed by atoms with Gasteiger partial charge in [-0.05, 0) is 79.6 Å². The summed E-state index contributed by atoms with van der Waals surface area (Å²) < 4.78 is 0. The highest BCUT2D eigenvalue weighted by Crippen LogP contribution is 2.29. The summed E-state index contributed by atoms with van der Waals surface area (Å²) in [5, 5.41) is 3.52. The van der Waals surface area contributed by atoms with Crippen molar-refractivity contribution in [3.8, 4) is 0 Å². The molecule has 3 aromatic rings. The van der Waals surface area contributed by atoms with Gasteiger partial charge in [0.05, 0.1) is 6.04 Å². The van der Waals surface area contributed by atoms with E-state index in [-0.39, 0.29) is 37.2 Å². The average molecular weight is 563 g/mol. The van der Waals surface area contributed by atoms with Crippen molar-refractivity contribution in [2.45, 2.75) is 38.1 Å². The van der Waals surface area contributed by atoms with Crippen LogP contribution in [0.1, 0.15) is 46.7 Å². The number of hydrogen-bond donors (Lipinski definition) is 1. The average Bonchev–Trinajstić information content (AvgIpc) is 3.14. The molecule has 0 radical (unpaired) electrons. The first-order chi connectivity index (χ1) is 16.9. The molecule has 0 aromatic heterocycles. The van der Waals surface area contributed by atoms with Crippen LogP contribution < -0.4 is 5.32 Å². The fraction of sp³-hybridized carbons (Fsp3) is 0.419. The Morgan fingerprint density at radius 3 is 1.86 bits per heavy atom. The van der Waals surface area contributed by atoms with Crippen LogP contribution in [0.5, 0.6) is 0 Å². The number of piperazine rings is 1. The third kappa shape index (κ3) is 8.71. The zero-order valence-corrected chi connectivity index (χ0v) is 24.1. The quantitative estimate of drug-likeness (QED) is 0.322. The third-order valence-electron chi connectivity index (χ3n) is 7.61. The third-order valence-corrected chi connectivity index (χ3v) is 7.61. The molecule has 5 rings (SSSR count). The van der Waals surface area contributed by atoms with Crippen molar-refractivity contribution in [2.24, 2.45) is 0 Å². The maximum absolute atomic E-state index is 3.52. The molecule has 3 aromatic carbocycles. The molecule has 6 heteroatoms. The Bertz CT molecular complexity index is 985. The maximum Gasteiger partial charge on any atom is 0.0602 e. The lowest BCUT2D eigenvalue weighted by Gasteiger charge is -2.40. The van der Waals surface area contributed by atoms with Crippen LogP contribution in [0.3, 0.4) is 0 Å². The highest BCUT2D eigenvalue weighted by atomic mass is 35.5. The van der Waals surface area contributed by atoms with Crippen molar-refractivity contribution in [3.05, 3.63) is 107 Å². The van der Waals surface area contributed by atoms with E-state index < -0.39 is 0 Å². The van der Waals surface area contributed by atoms with Gasteiger partial charge in [-0.3, -0.25) is 4.90 Å². The minimum absolute atomic E-state index is 0. The topological polar surface area (TPSA) is 18.5 Å². The molecule has 37 heavy (non-hydrogen) atoms. The summed E-state index contributed by atoms with van der Waals surface area (Å²) in [6, 6.07) is 29.6. The summed E-state index contributed by atoms with van der Waals surface area (Å²) in [6.07, 6.45) is 6.15. The predicted octanol–water partition coefficient (Wildman–Crippen LogP) is 6.37. The zero-order chi connectivity index (χ0) is 23.0. The first kappa shape index (κ1) is 31.6. The second kappa shape index (κ2) is 16.4. The van der Waals surface area contributed by atoms with Crippen molar-refractivity contribution in [1.29, 1.82) is 0 Å². The van der Waals surface area contributed by atoms with E-state index in [1.54, 1.807) is 11.1 Å². The Kier molecular flexibility index (Phi) is 14.0. The minimum atomic E-state index is 0. The highest BCUT2D eigenvalue weighted by Gasteiger charge is 2.26. The first-order valence-corrected chi connectivity index (χ1v) is 13.2. The lowest BCUT2D eigenvalue weighted by atomic mass is 9.96. The number of benzene rings is 3. The van der Waals surface area contributed by atoms with Gasteiger partial charge in [0.15, 0.2) is 0 Å². The lowest BCUT2D eigenvalue weighted by Crippen LogP contribution is -2.48. The second-order valence-electron chi connectivity index (χ2n) is 9.91. The molecule has 0 saturated carbocycles. The summed E-state index contributed by atoms with van der Waals surface area (Å²) in [7, 11) is 0. The van der Waals surface area contributed by atoms with Crippen molar-refractivity contribution < 1.29 is 0 Å². The van der Waals surface area contributed by atoms with Gasteiger partial charge in [0.1, 0.15) is 0 Å². The first-order valence-electron chi connectivity index (χ1n) is 13.2. The number of aryl methyl sites for hydroxylation is 1. The van der Waals surface area contributed by atoms with E-state index in [2.05, 4.69) is 94.0 Å². The van der Waals surface area contributed by atoms with Gasteiger partial charge in [0, 0.05) is 26.2 Å². The van der Waals surface area contributed by atoms with Crippen LogP contribution in [-0.4, -0.2) is 55.6 Å². The molecule has 0 aliphatic carbocycles. The van der Waals surface area contributed by atoms with Crippen LogP contribution in [0.15, 0.2) is 78.9 Å². The van der Waals surface area contributed by atoms with E-state index in [9.17, 15) is 0 Å². The number of hydrogen-bond acceptors (Lipinski definition) is 3. The summed E-state index contributed by atoms with van der Waals surface area (Å²) in [5.74, 6) is 0. The van der Waals surface area contributed by atoms with Gasteiger partial charge in [0.2, 0.25) is 0 Å². The van der Waals surface area contributed by atoms with E-state index in [0.29, 0.717) is 6.04 Å². The smallest absolute Gasteiger partial charge is 0.0602 e. The van der Waals surface area contributed by atoms with Crippen LogP contribution >= 0.6 is 37.2 Å². The standard InChI is InChI=1S/C31H39N3.3ClH/c1-3-10-28(11-4-1)31(29-12-5-2-6-13-29)34-23-21-33(22-24-34)20-8-7-9-26-14-15-27-16-18-32-19-17-30(27)25-26;;;/h1-6,10-15,25,31-32H,7-9,16-24H2;3*1H. The van der Waals surface area contributed by atoms with Crippen LogP contribution in [0.4, 0.5) is 0 Å². The van der Waals surface area contributed by atoms with Crippen LogP contribution in [-0.2, 0) is 19.3 Å². The summed E-state index contributed by atoms with van der Waals surface area (Å²) in [4.78, 5) is 5.35. The maximum atomic E-state index is 3.52. The number of nitrogens with zero attached hydrogens (tertiary/aromatic N) is 2. The summed E-state index contributed by atoms with van der Waals surface area (Å²) >= 11 is 0. The monoisotopic (exact) mass is 561 g/mol. The second-order valence-corrected chi connectivity index (χ2v) is 9.91. The van der Waals surface area contributed by atoms with E-state index in [1.807, 2.05) is 0 Å². The number of rotatable bonds is 8. The largest absolute Gasteiger partial charge is 0.316 e. The Hall–Kier alpha value is -1.59. The Balaban J connectivity index is 0.00000160. The van der Waals surface area contributed by atoms with Crippen molar-refractivity contribution in [2.75, 3.05) is 45.8 Å². The summed E-state index contributed by atoms with van der Waals surface area (Å²) in [6.45, 7) is 8.07. The van der Waals surface area contributed by atoms with E-state index in [0.717, 1.165) is 26.2 Å². The molecule has 1 saturated heterocycles. The number of halogens is 3. The van der Waals surface area contributed by atoms with Gasteiger partial charge in [-0.2, -0.15) is 0 Å². The molecule has 2 aliphatic heterocycles. The number of unbranched alkanes of at least 4 members (excludes halogenated alkanes) is 1. The molecule has 202 valence electrons. The fourth-order valence-electron chi connectivity index (χ4n) is 5.68. The van der Waals surface area contributed by atoms with Gasteiger partial charge in [-0.1, -0.05) is 78.9 Å². The zero-order valence-electron chi connectivity index (χ0n) is 21.7. The molecule has 0 atom stereocenters. The Morgan fingerprint density at radius 2 is 1.24 bits per heavy atom. The van der Waals surface area contributed by atoms with Gasteiger partial charge in [-0.25, -0.2) is 0 Å². The van der Waals surface area contributed by atoms with Crippen LogP contribution in [0.25, 0.3) is 0 Å². The predicted molar refractivity (Wildman–Crippen MR) is 164 cm³/mol. The number of nitrogens with one attached hydrogen (secondary N) is 1. The van der Waals surface area contributed by atoms with Gasteiger partial charge >= 0.3 is 0 Å². The fourth-order valence-corrected chi connectivity index (χ4v) is 5.68. The van der Waals surface area contributed by atoms with Crippen LogP contribution in [0, 0.1) is 0 Å². The molecule has 3 nitrogen and oxygen atoms in total. The molecule has 1 fully saturated rings.